The van der Waals surface area contributed by atoms with E-state index in [-0.39, 0.29) is 16.3 Å². The summed E-state index contributed by atoms with van der Waals surface area (Å²) in [5, 5.41) is -0.776. The van der Waals surface area contributed by atoms with Gasteiger partial charge in [0.15, 0.2) is 11.6 Å². The Labute approximate surface area is 84.2 Å². The zero-order valence-corrected chi connectivity index (χ0v) is 8.12. The minimum absolute atomic E-state index is 0.0292. The SMILES string of the molecule is COc1cc(C(=O)Cl)c(Cl)cc1F. The lowest BCUT2D eigenvalue weighted by Crippen LogP contribution is -1.95. The normalized spacial score (nSPS) is 9.85. The fourth-order valence-electron chi connectivity index (χ4n) is 0.836. The molecule has 0 bridgehead atoms. The van der Waals surface area contributed by atoms with E-state index in [1.807, 2.05) is 0 Å². The van der Waals surface area contributed by atoms with Crippen LogP contribution in [0, 0.1) is 5.82 Å². The maximum atomic E-state index is 12.9. The van der Waals surface area contributed by atoms with Crippen LogP contribution >= 0.6 is 23.2 Å². The zero-order chi connectivity index (χ0) is 10.0. The Kier molecular flexibility index (Phi) is 3.12. The Bertz CT molecular complexity index is 352. The van der Waals surface area contributed by atoms with E-state index in [0.717, 1.165) is 12.1 Å². The second-order valence-electron chi connectivity index (χ2n) is 2.24. The summed E-state index contributed by atoms with van der Waals surface area (Å²) in [6, 6.07) is 2.14. The number of hydrogen-bond acceptors (Lipinski definition) is 2. The lowest BCUT2D eigenvalue weighted by atomic mass is 10.2. The van der Waals surface area contributed by atoms with Crippen molar-refractivity contribution >= 4 is 28.4 Å². The quantitative estimate of drug-likeness (QED) is 0.720. The Morgan fingerprint density at radius 3 is 2.62 bits per heavy atom. The van der Waals surface area contributed by atoms with Crippen LogP contribution in [0.5, 0.6) is 5.75 Å². The van der Waals surface area contributed by atoms with Gasteiger partial charge in [0.1, 0.15) is 0 Å². The highest BCUT2D eigenvalue weighted by Crippen LogP contribution is 2.26. The van der Waals surface area contributed by atoms with Gasteiger partial charge in [-0.1, -0.05) is 11.6 Å². The molecule has 1 aromatic carbocycles. The van der Waals surface area contributed by atoms with Gasteiger partial charge in [-0.3, -0.25) is 4.79 Å². The summed E-state index contributed by atoms with van der Waals surface area (Å²) < 4.78 is 17.6. The van der Waals surface area contributed by atoms with E-state index in [1.165, 1.54) is 7.11 Å². The largest absolute Gasteiger partial charge is 0.494 e. The molecule has 0 radical (unpaired) electrons. The molecule has 13 heavy (non-hydrogen) atoms. The monoisotopic (exact) mass is 222 g/mol. The Morgan fingerprint density at radius 2 is 2.15 bits per heavy atom. The fourth-order valence-corrected chi connectivity index (χ4v) is 1.28. The molecule has 1 aromatic rings. The molecule has 0 aliphatic rings. The van der Waals surface area contributed by atoms with Crippen molar-refractivity contribution in [1.29, 1.82) is 0 Å². The van der Waals surface area contributed by atoms with Crippen molar-refractivity contribution in [1.82, 2.24) is 0 Å². The first-order chi connectivity index (χ1) is 6.06. The molecular weight excluding hydrogens is 218 g/mol. The lowest BCUT2D eigenvalue weighted by molar-refractivity contribution is 0.108. The minimum Gasteiger partial charge on any atom is -0.494 e. The Hall–Kier alpha value is -0.800. The fraction of sp³-hybridized carbons (Fsp3) is 0.125. The summed E-state index contributed by atoms with van der Waals surface area (Å²) in [5.41, 5.74) is 0.0292. The predicted octanol–water partition coefficient (Wildman–Crippen LogP) is 2.87. The van der Waals surface area contributed by atoms with Crippen LogP contribution in [0.25, 0.3) is 0 Å². The highest BCUT2D eigenvalue weighted by molar-refractivity contribution is 6.68. The number of rotatable bonds is 2. The van der Waals surface area contributed by atoms with Crippen molar-refractivity contribution in [3.05, 3.63) is 28.5 Å². The number of halogens is 3. The van der Waals surface area contributed by atoms with Gasteiger partial charge in [0.05, 0.1) is 17.7 Å². The molecule has 70 valence electrons. The summed E-state index contributed by atoms with van der Waals surface area (Å²) in [7, 11) is 1.29. The number of benzene rings is 1. The third kappa shape index (κ3) is 2.11. The summed E-state index contributed by atoms with van der Waals surface area (Å²) >= 11 is 10.7. The number of ether oxygens (including phenoxy) is 1. The maximum absolute atomic E-state index is 12.9. The van der Waals surface area contributed by atoms with Crippen LogP contribution in [-0.2, 0) is 0 Å². The predicted molar refractivity (Wildman–Crippen MR) is 48.1 cm³/mol. The van der Waals surface area contributed by atoms with E-state index in [2.05, 4.69) is 4.74 Å². The molecule has 0 amide bonds. The van der Waals surface area contributed by atoms with Crippen molar-refractivity contribution < 1.29 is 13.9 Å². The van der Waals surface area contributed by atoms with Crippen LogP contribution in [0.3, 0.4) is 0 Å². The second kappa shape index (κ2) is 3.94. The van der Waals surface area contributed by atoms with Gasteiger partial charge in [0.2, 0.25) is 0 Å². The average molecular weight is 223 g/mol. The van der Waals surface area contributed by atoms with E-state index in [4.69, 9.17) is 23.2 Å². The molecule has 5 heteroatoms. The third-order valence-electron chi connectivity index (χ3n) is 1.45. The van der Waals surface area contributed by atoms with Gasteiger partial charge in [-0.2, -0.15) is 0 Å². The van der Waals surface area contributed by atoms with E-state index >= 15 is 0 Å². The Balaban J connectivity index is 3.30. The van der Waals surface area contributed by atoms with Crippen molar-refractivity contribution in [2.75, 3.05) is 7.11 Å². The van der Waals surface area contributed by atoms with Gasteiger partial charge in [0.25, 0.3) is 5.24 Å². The molecule has 2 nitrogen and oxygen atoms in total. The highest BCUT2D eigenvalue weighted by atomic mass is 35.5. The zero-order valence-electron chi connectivity index (χ0n) is 6.61. The molecule has 0 heterocycles. The Morgan fingerprint density at radius 1 is 1.54 bits per heavy atom. The molecule has 0 aromatic heterocycles. The van der Waals surface area contributed by atoms with Gasteiger partial charge in [-0.25, -0.2) is 4.39 Å². The molecule has 0 saturated heterocycles. The lowest BCUT2D eigenvalue weighted by Gasteiger charge is -2.04. The van der Waals surface area contributed by atoms with Crippen LogP contribution in [0.4, 0.5) is 4.39 Å². The third-order valence-corrected chi connectivity index (χ3v) is 1.97. The van der Waals surface area contributed by atoms with Crippen LogP contribution < -0.4 is 4.74 Å². The molecule has 0 aliphatic carbocycles. The van der Waals surface area contributed by atoms with Gasteiger partial charge in [-0.15, -0.1) is 0 Å². The molecule has 0 unspecified atom stereocenters. The summed E-state index contributed by atoms with van der Waals surface area (Å²) in [6.45, 7) is 0. The van der Waals surface area contributed by atoms with Crippen molar-refractivity contribution in [2.24, 2.45) is 0 Å². The number of carbonyl (C=O) groups excluding carboxylic acids is 1. The second-order valence-corrected chi connectivity index (χ2v) is 2.99. The molecular formula is C8H5Cl2FO2. The number of hydrogen-bond donors (Lipinski definition) is 0. The number of methoxy groups -OCH3 is 1. The van der Waals surface area contributed by atoms with Crippen molar-refractivity contribution in [3.8, 4) is 5.75 Å². The highest BCUT2D eigenvalue weighted by Gasteiger charge is 2.13. The molecule has 1 rings (SSSR count). The minimum atomic E-state index is -0.747. The molecule has 0 aliphatic heterocycles. The number of carbonyl (C=O) groups is 1. The van der Waals surface area contributed by atoms with Crippen molar-refractivity contribution in [3.63, 3.8) is 0 Å². The van der Waals surface area contributed by atoms with Crippen LogP contribution in [0.15, 0.2) is 12.1 Å². The van der Waals surface area contributed by atoms with Gasteiger partial charge < -0.3 is 4.74 Å². The first-order valence-corrected chi connectivity index (χ1v) is 4.04. The van der Waals surface area contributed by atoms with E-state index in [1.54, 1.807) is 0 Å². The van der Waals surface area contributed by atoms with E-state index < -0.39 is 11.1 Å². The van der Waals surface area contributed by atoms with E-state index in [0.29, 0.717) is 0 Å². The van der Waals surface area contributed by atoms with Crippen LogP contribution in [0.2, 0.25) is 5.02 Å². The van der Waals surface area contributed by atoms with Gasteiger partial charge in [-0.05, 0) is 23.7 Å². The molecule has 0 atom stereocenters. The smallest absolute Gasteiger partial charge is 0.254 e. The standard InChI is InChI=1S/C8H5Cl2FO2/c1-13-7-2-4(8(10)12)5(9)3-6(7)11/h2-3H,1H3. The van der Waals surface area contributed by atoms with Gasteiger partial charge in [0, 0.05) is 0 Å². The summed E-state index contributed by atoms with van der Waals surface area (Å²) in [4.78, 5) is 10.7. The first kappa shape index (κ1) is 10.3. The van der Waals surface area contributed by atoms with Crippen molar-refractivity contribution in [2.45, 2.75) is 0 Å². The van der Waals surface area contributed by atoms with E-state index in [9.17, 15) is 9.18 Å². The molecule has 0 saturated carbocycles. The molecule has 0 fully saturated rings. The van der Waals surface area contributed by atoms with Crippen LogP contribution in [-0.4, -0.2) is 12.4 Å². The first-order valence-electron chi connectivity index (χ1n) is 3.29. The van der Waals surface area contributed by atoms with Gasteiger partial charge >= 0.3 is 0 Å². The molecule has 0 N–H and O–H groups in total. The average Bonchev–Trinajstić information content (AvgIpc) is 2.03. The summed E-state index contributed by atoms with van der Waals surface area (Å²) in [5.74, 6) is -0.692. The maximum Gasteiger partial charge on any atom is 0.254 e. The van der Waals surface area contributed by atoms with Crippen LogP contribution in [0.1, 0.15) is 10.4 Å². The molecule has 0 spiro atoms. The topological polar surface area (TPSA) is 26.3 Å². The summed E-state index contributed by atoms with van der Waals surface area (Å²) in [6.07, 6.45) is 0.